The highest BCUT2D eigenvalue weighted by Gasteiger charge is 2.60. The Morgan fingerprint density at radius 3 is 2.44 bits per heavy atom. The lowest BCUT2D eigenvalue weighted by molar-refractivity contribution is -0.221. The predicted octanol–water partition coefficient (Wildman–Crippen LogP) is 1.48. The molecule has 3 fully saturated rings. The molecule has 1 aromatic carbocycles. The summed E-state index contributed by atoms with van der Waals surface area (Å²) in [4.78, 5) is 11.3. The summed E-state index contributed by atoms with van der Waals surface area (Å²) in [5, 5.41) is 0. The van der Waals surface area contributed by atoms with Gasteiger partial charge in [0, 0.05) is 0 Å². The Labute approximate surface area is 156 Å². The smallest absolute Gasteiger partial charge is 0.430 e. The molecule has 0 saturated carbocycles. The van der Waals surface area contributed by atoms with Gasteiger partial charge in [-0.25, -0.2) is 4.79 Å². The summed E-state index contributed by atoms with van der Waals surface area (Å²) < 4.78 is 58.1. The van der Waals surface area contributed by atoms with Crippen molar-refractivity contribution in [2.45, 2.75) is 62.2 Å². The van der Waals surface area contributed by atoms with E-state index in [4.69, 9.17) is 27.9 Å². The minimum Gasteiger partial charge on any atom is -0.430 e. The van der Waals surface area contributed by atoms with E-state index in [0.29, 0.717) is 0 Å². The second-order valence-corrected chi connectivity index (χ2v) is 8.69. The summed E-state index contributed by atoms with van der Waals surface area (Å²) in [5.74, 6) is -0.960. The summed E-state index contributed by atoms with van der Waals surface area (Å²) in [7, 11) is -4.11. The van der Waals surface area contributed by atoms with Crippen LogP contribution in [0.1, 0.15) is 19.4 Å². The van der Waals surface area contributed by atoms with E-state index in [0.717, 1.165) is 5.56 Å². The summed E-state index contributed by atoms with van der Waals surface area (Å²) >= 11 is 0. The Hall–Kier alpha value is -1.72. The van der Waals surface area contributed by atoms with Crippen LogP contribution in [0.3, 0.4) is 0 Å². The molecule has 5 atom stereocenters. The minimum atomic E-state index is -4.11. The maximum Gasteiger partial charge on any atom is 0.508 e. The largest absolute Gasteiger partial charge is 0.508 e. The number of carbonyl (C=O) groups is 1. The highest BCUT2D eigenvalue weighted by Crippen LogP contribution is 2.41. The molecule has 0 bridgehead atoms. The molecule has 3 aliphatic heterocycles. The summed E-state index contributed by atoms with van der Waals surface area (Å²) in [6.07, 6.45) is -5.29. The van der Waals surface area contributed by atoms with Gasteiger partial charge in [0.25, 0.3) is 10.1 Å². The lowest BCUT2D eigenvalue weighted by Crippen LogP contribution is -2.44. The van der Waals surface area contributed by atoms with Gasteiger partial charge in [0.1, 0.15) is 24.9 Å². The molecule has 0 radical (unpaired) electrons. The maximum atomic E-state index is 12.8. The molecule has 3 heterocycles. The first-order chi connectivity index (χ1) is 12.6. The van der Waals surface area contributed by atoms with Crippen LogP contribution in [0.4, 0.5) is 4.79 Å². The van der Waals surface area contributed by atoms with Crippen molar-refractivity contribution in [2.75, 3.05) is 6.61 Å². The number of hydrogen-bond donors (Lipinski definition) is 0. The Morgan fingerprint density at radius 1 is 1.11 bits per heavy atom. The highest BCUT2D eigenvalue weighted by molar-refractivity contribution is 7.86. The number of carbonyl (C=O) groups excluding carboxylic acids is 1. The zero-order valence-corrected chi connectivity index (χ0v) is 15.8. The Kier molecular flexibility index (Phi) is 4.43. The van der Waals surface area contributed by atoms with Crippen LogP contribution in [0.15, 0.2) is 29.2 Å². The van der Waals surface area contributed by atoms with Crippen molar-refractivity contribution in [2.24, 2.45) is 0 Å². The van der Waals surface area contributed by atoms with Crippen LogP contribution < -0.4 is 0 Å². The van der Waals surface area contributed by atoms with Crippen molar-refractivity contribution in [3.8, 4) is 0 Å². The van der Waals surface area contributed by atoms with Gasteiger partial charge in [-0.2, -0.15) is 8.42 Å². The Balaban J connectivity index is 1.61. The number of ether oxygens (including phenoxy) is 5. The van der Waals surface area contributed by atoms with Crippen LogP contribution in [0.5, 0.6) is 0 Å². The van der Waals surface area contributed by atoms with Gasteiger partial charge in [-0.3, -0.25) is 4.18 Å². The third-order valence-corrected chi connectivity index (χ3v) is 5.88. The van der Waals surface area contributed by atoms with Gasteiger partial charge in [0.2, 0.25) is 0 Å². The van der Waals surface area contributed by atoms with E-state index >= 15 is 0 Å². The zero-order valence-electron chi connectivity index (χ0n) is 15.0. The maximum absolute atomic E-state index is 12.8. The van der Waals surface area contributed by atoms with Gasteiger partial charge < -0.3 is 23.7 Å². The predicted molar refractivity (Wildman–Crippen MR) is 88.2 cm³/mol. The second-order valence-electron chi connectivity index (χ2n) is 7.11. The molecule has 4 rings (SSSR count). The lowest BCUT2D eigenvalue weighted by atomic mass is 10.1. The van der Waals surface area contributed by atoms with E-state index in [1.54, 1.807) is 26.0 Å². The van der Waals surface area contributed by atoms with Crippen LogP contribution in [-0.2, 0) is 38.0 Å². The molecule has 0 aliphatic carbocycles. The number of aryl methyl sites for hydroxylation is 1. The molecule has 0 unspecified atom stereocenters. The van der Waals surface area contributed by atoms with Crippen LogP contribution in [0, 0.1) is 6.92 Å². The van der Waals surface area contributed by atoms with Crippen molar-refractivity contribution in [3.63, 3.8) is 0 Å². The number of cyclic esters (lactones) is 2. The average Bonchev–Trinajstić information content (AvgIpc) is 3.21. The van der Waals surface area contributed by atoms with Gasteiger partial charge in [0.15, 0.2) is 18.2 Å². The van der Waals surface area contributed by atoms with Crippen molar-refractivity contribution >= 4 is 16.3 Å². The summed E-state index contributed by atoms with van der Waals surface area (Å²) in [6, 6.07) is 6.27. The van der Waals surface area contributed by atoms with Crippen LogP contribution in [0.2, 0.25) is 0 Å². The van der Waals surface area contributed by atoms with Crippen LogP contribution in [0.25, 0.3) is 0 Å². The van der Waals surface area contributed by atoms with Crippen molar-refractivity contribution in [3.05, 3.63) is 29.8 Å². The SMILES string of the molecule is Cc1ccc(S(=O)(=O)O[C@@H]2[C@H]3OC(C)(C)O[C@H]3O[C@@H]2[C@H]2COC(=O)O2)cc1. The van der Waals surface area contributed by atoms with E-state index < -0.39 is 52.8 Å². The van der Waals surface area contributed by atoms with Gasteiger partial charge >= 0.3 is 6.16 Å². The molecule has 148 valence electrons. The van der Waals surface area contributed by atoms with Crippen molar-refractivity contribution in [1.29, 1.82) is 0 Å². The van der Waals surface area contributed by atoms with E-state index in [1.165, 1.54) is 12.1 Å². The molecule has 3 aliphatic rings. The average molecular weight is 400 g/mol. The van der Waals surface area contributed by atoms with E-state index in [-0.39, 0.29) is 11.5 Å². The first-order valence-corrected chi connectivity index (χ1v) is 9.90. The fourth-order valence-electron chi connectivity index (χ4n) is 3.32. The topological polar surface area (TPSA) is 107 Å². The summed E-state index contributed by atoms with van der Waals surface area (Å²) in [6.45, 7) is 5.15. The molecule has 1 aromatic rings. The first kappa shape index (κ1) is 18.6. The third-order valence-electron chi connectivity index (χ3n) is 4.55. The van der Waals surface area contributed by atoms with E-state index in [1.807, 2.05) is 6.92 Å². The molecule has 0 N–H and O–H groups in total. The fourth-order valence-corrected chi connectivity index (χ4v) is 4.42. The van der Waals surface area contributed by atoms with Crippen molar-refractivity contribution < 1.29 is 41.1 Å². The van der Waals surface area contributed by atoms with Gasteiger partial charge in [-0.05, 0) is 32.9 Å². The standard InChI is InChI=1S/C17H20O9S/c1-9-4-6-10(7-5-9)27(19,20)26-13-12(11-8-21-16(18)22-11)23-15-14(13)24-17(2,3)25-15/h4-7,11-15H,8H2,1-3H3/t11-,12-,13+,14-,15-/m1/s1. The van der Waals surface area contributed by atoms with Gasteiger partial charge in [-0.1, -0.05) is 17.7 Å². The first-order valence-electron chi connectivity index (χ1n) is 8.49. The Morgan fingerprint density at radius 2 is 1.81 bits per heavy atom. The minimum absolute atomic E-state index is 0.00754. The zero-order chi connectivity index (χ0) is 19.4. The highest BCUT2D eigenvalue weighted by atomic mass is 32.2. The summed E-state index contributed by atoms with van der Waals surface area (Å²) in [5.41, 5.74) is 0.917. The third kappa shape index (κ3) is 3.55. The van der Waals surface area contributed by atoms with Gasteiger partial charge in [0.05, 0.1) is 4.90 Å². The number of hydrogen-bond acceptors (Lipinski definition) is 9. The monoisotopic (exact) mass is 400 g/mol. The normalized spacial score (nSPS) is 34.9. The molecular formula is C17H20O9S. The molecular weight excluding hydrogens is 380 g/mol. The molecule has 3 saturated heterocycles. The quantitative estimate of drug-likeness (QED) is 0.549. The molecule has 0 aromatic heterocycles. The fraction of sp³-hybridized carbons (Fsp3) is 0.588. The van der Waals surface area contributed by atoms with E-state index in [9.17, 15) is 13.2 Å². The molecule has 0 amide bonds. The Bertz CT molecular complexity index is 832. The van der Waals surface area contributed by atoms with Crippen LogP contribution in [-0.4, -0.2) is 57.7 Å². The molecule has 10 heteroatoms. The molecule has 9 nitrogen and oxygen atoms in total. The van der Waals surface area contributed by atoms with Crippen LogP contribution >= 0.6 is 0 Å². The molecule has 27 heavy (non-hydrogen) atoms. The molecule has 0 spiro atoms. The van der Waals surface area contributed by atoms with Crippen molar-refractivity contribution in [1.82, 2.24) is 0 Å². The van der Waals surface area contributed by atoms with E-state index in [2.05, 4.69) is 0 Å². The number of fused-ring (bicyclic) bond motifs is 1. The van der Waals surface area contributed by atoms with Gasteiger partial charge in [-0.15, -0.1) is 0 Å². The number of benzene rings is 1. The lowest BCUT2D eigenvalue weighted by Gasteiger charge is -2.27. The number of rotatable bonds is 4. The second kappa shape index (κ2) is 6.42.